The molecule has 0 spiro atoms. The molecule has 0 aliphatic carbocycles. The molecular formula is C16H12N2O6S. The van der Waals surface area contributed by atoms with Crippen molar-refractivity contribution < 1.29 is 23.6 Å². The molecule has 3 rings (SSSR count). The lowest BCUT2D eigenvalue weighted by Crippen LogP contribution is -2.04. The second-order valence-corrected chi connectivity index (χ2v) is 5.71. The molecule has 2 heterocycles. The fourth-order valence-corrected chi connectivity index (χ4v) is 2.81. The van der Waals surface area contributed by atoms with E-state index in [1.54, 1.807) is 12.5 Å². The molecule has 0 amide bonds. The van der Waals surface area contributed by atoms with Crippen LogP contribution in [-0.2, 0) is 11.3 Å². The Morgan fingerprint density at radius 3 is 2.92 bits per heavy atom. The van der Waals surface area contributed by atoms with Crippen LogP contribution in [0.3, 0.4) is 0 Å². The maximum Gasteiger partial charge on any atom is 0.433 e. The lowest BCUT2D eigenvalue weighted by molar-refractivity contribution is -0.402. The number of furan rings is 1. The highest BCUT2D eigenvalue weighted by Gasteiger charge is 2.19. The molecule has 0 atom stereocenters. The van der Waals surface area contributed by atoms with Gasteiger partial charge in [0.1, 0.15) is 22.3 Å². The first-order valence-corrected chi connectivity index (χ1v) is 7.95. The number of esters is 1. The standard InChI is InChI=1S/C16H12N2O6S/c1-22-12-4-2-3-10(7-12)15-17-11(9-25-15)8-23-16(19)13-5-6-14(24-13)18(20)21/h2-7,9H,8H2,1H3. The summed E-state index contributed by atoms with van der Waals surface area (Å²) in [4.78, 5) is 26.1. The van der Waals surface area contributed by atoms with Crippen LogP contribution in [0.4, 0.5) is 5.88 Å². The van der Waals surface area contributed by atoms with Crippen LogP contribution < -0.4 is 4.74 Å². The van der Waals surface area contributed by atoms with Crippen molar-refractivity contribution in [2.24, 2.45) is 0 Å². The number of benzene rings is 1. The van der Waals surface area contributed by atoms with E-state index in [9.17, 15) is 14.9 Å². The summed E-state index contributed by atoms with van der Waals surface area (Å²) in [5.41, 5.74) is 1.46. The third kappa shape index (κ3) is 3.83. The molecule has 0 aliphatic heterocycles. The number of ether oxygens (including phenoxy) is 2. The van der Waals surface area contributed by atoms with E-state index in [0.717, 1.165) is 22.4 Å². The molecule has 8 nitrogen and oxygen atoms in total. The van der Waals surface area contributed by atoms with Crippen LogP contribution in [-0.4, -0.2) is 23.0 Å². The minimum Gasteiger partial charge on any atom is -0.497 e. The third-order valence-electron chi connectivity index (χ3n) is 3.19. The number of methoxy groups -OCH3 is 1. The van der Waals surface area contributed by atoms with E-state index in [1.807, 2.05) is 24.3 Å². The van der Waals surface area contributed by atoms with Gasteiger partial charge in [0.05, 0.1) is 18.9 Å². The van der Waals surface area contributed by atoms with Crippen molar-refractivity contribution >= 4 is 23.2 Å². The molecule has 2 aromatic heterocycles. The van der Waals surface area contributed by atoms with Gasteiger partial charge in [0.25, 0.3) is 0 Å². The topological polar surface area (TPSA) is 105 Å². The number of carbonyl (C=O) groups excluding carboxylic acids is 1. The summed E-state index contributed by atoms with van der Waals surface area (Å²) in [6.07, 6.45) is 0. The average molecular weight is 360 g/mol. The largest absolute Gasteiger partial charge is 0.497 e. The number of nitro groups is 1. The average Bonchev–Trinajstić information content (AvgIpc) is 3.29. The Hall–Kier alpha value is -3.20. The molecule has 0 unspecified atom stereocenters. The molecule has 0 aliphatic rings. The Labute approximate surface area is 145 Å². The molecule has 0 saturated heterocycles. The lowest BCUT2D eigenvalue weighted by atomic mass is 10.2. The molecule has 0 bridgehead atoms. The number of carbonyl (C=O) groups is 1. The van der Waals surface area contributed by atoms with Gasteiger partial charge in [-0.1, -0.05) is 12.1 Å². The predicted octanol–water partition coefficient (Wildman–Crippen LogP) is 3.68. The number of hydrogen-bond acceptors (Lipinski definition) is 8. The van der Waals surface area contributed by atoms with E-state index in [4.69, 9.17) is 13.9 Å². The van der Waals surface area contributed by atoms with Crippen LogP contribution in [0.5, 0.6) is 5.75 Å². The van der Waals surface area contributed by atoms with Gasteiger partial charge in [0.2, 0.25) is 5.76 Å². The van der Waals surface area contributed by atoms with E-state index < -0.39 is 16.8 Å². The minimum atomic E-state index is -0.788. The Bertz CT molecular complexity index is 917. The highest BCUT2D eigenvalue weighted by atomic mass is 32.1. The van der Waals surface area contributed by atoms with Crippen molar-refractivity contribution in [1.29, 1.82) is 0 Å². The Balaban J connectivity index is 1.65. The molecule has 0 N–H and O–H groups in total. The maximum atomic E-state index is 11.8. The quantitative estimate of drug-likeness (QED) is 0.375. The van der Waals surface area contributed by atoms with Crippen LogP contribution in [0.2, 0.25) is 0 Å². The second kappa shape index (κ2) is 7.14. The molecular weight excluding hydrogens is 348 g/mol. The first-order chi connectivity index (χ1) is 12.1. The van der Waals surface area contributed by atoms with Crippen molar-refractivity contribution in [3.63, 3.8) is 0 Å². The maximum absolute atomic E-state index is 11.8. The second-order valence-electron chi connectivity index (χ2n) is 4.85. The van der Waals surface area contributed by atoms with E-state index in [1.165, 1.54) is 17.4 Å². The number of aromatic nitrogens is 1. The Morgan fingerprint density at radius 2 is 2.20 bits per heavy atom. The highest BCUT2D eigenvalue weighted by molar-refractivity contribution is 7.13. The highest BCUT2D eigenvalue weighted by Crippen LogP contribution is 2.27. The normalized spacial score (nSPS) is 10.4. The van der Waals surface area contributed by atoms with Gasteiger partial charge in [-0.3, -0.25) is 10.1 Å². The van der Waals surface area contributed by atoms with Crippen molar-refractivity contribution in [2.75, 3.05) is 7.11 Å². The summed E-state index contributed by atoms with van der Waals surface area (Å²) in [5.74, 6) is -0.806. The molecule has 128 valence electrons. The zero-order chi connectivity index (χ0) is 17.8. The first-order valence-electron chi connectivity index (χ1n) is 7.07. The van der Waals surface area contributed by atoms with Crippen LogP contribution in [0, 0.1) is 10.1 Å². The predicted molar refractivity (Wildman–Crippen MR) is 88.6 cm³/mol. The summed E-state index contributed by atoms with van der Waals surface area (Å²) in [6.45, 7) is -0.0617. The third-order valence-corrected chi connectivity index (χ3v) is 4.13. The van der Waals surface area contributed by atoms with Crippen molar-refractivity contribution in [3.8, 4) is 16.3 Å². The number of thiazole rings is 1. The van der Waals surface area contributed by atoms with E-state index >= 15 is 0 Å². The summed E-state index contributed by atoms with van der Waals surface area (Å²) in [6, 6.07) is 9.75. The van der Waals surface area contributed by atoms with Gasteiger partial charge in [-0.25, -0.2) is 9.78 Å². The zero-order valence-electron chi connectivity index (χ0n) is 13.0. The molecule has 0 saturated carbocycles. The van der Waals surface area contributed by atoms with E-state index in [2.05, 4.69) is 4.98 Å². The van der Waals surface area contributed by atoms with E-state index in [-0.39, 0.29) is 12.4 Å². The van der Waals surface area contributed by atoms with Gasteiger partial charge in [0, 0.05) is 10.9 Å². The van der Waals surface area contributed by atoms with Crippen LogP contribution in [0.15, 0.2) is 46.2 Å². The van der Waals surface area contributed by atoms with Gasteiger partial charge < -0.3 is 13.9 Å². The fraction of sp³-hybridized carbons (Fsp3) is 0.125. The van der Waals surface area contributed by atoms with Crippen molar-refractivity contribution in [3.05, 3.63) is 63.3 Å². The summed E-state index contributed by atoms with van der Waals surface area (Å²) >= 11 is 1.41. The van der Waals surface area contributed by atoms with Gasteiger partial charge >= 0.3 is 11.9 Å². The number of nitrogens with zero attached hydrogens (tertiary/aromatic N) is 2. The monoisotopic (exact) mass is 360 g/mol. The lowest BCUT2D eigenvalue weighted by Gasteiger charge is -2.01. The molecule has 1 aromatic carbocycles. The summed E-state index contributed by atoms with van der Waals surface area (Å²) < 4.78 is 15.0. The number of hydrogen-bond donors (Lipinski definition) is 0. The van der Waals surface area contributed by atoms with Crippen LogP contribution in [0.1, 0.15) is 16.2 Å². The Kier molecular flexibility index (Phi) is 4.75. The van der Waals surface area contributed by atoms with Crippen molar-refractivity contribution in [2.45, 2.75) is 6.61 Å². The molecule has 0 radical (unpaired) electrons. The fourth-order valence-electron chi connectivity index (χ4n) is 2.01. The summed E-state index contributed by atoms with van der Waals surface area (Å²) in [5, 5.41) is 13.1. The van der Waals surface area contributed by atoms with Gasteiger partial charge in [0.15, 0.2) is 0 Å². The van der Waals surface area contributed by atoms with Crippen LogP contribution >= 0.6 is 11.3 Å². The van der Waals surface area contributed by atoms with E-state index in [0.29, 0.717) is 5.69 Å². The van der Waals surface area contributed by atoms with Gasteiger partial charge in [-0.15, -0.1) is 11.3 Å². The van der Waals surface area contributed by atoms with Gasteiger partial charge in [-0.2, -0.15) is 0 Å². The molecule has 25 heavy (non-hydrogen) atoms. The summed E-state index contributed by atoms with van der Waals surface area (Å²) in [7, 11) is 1.59. The van der Waals surface area contributed by atoms with Crippen molar-refractivity contribution in [1.82, 2.24) is 4.98 Å². The molecule has 3 aromatic rings. The SMILES string of the molecule is COc1cccc(-c2nc(COC(=O)c3ccc([N+](=O)[O-])o3)cs2)c1. The number of rotatable bonds is 6. The smallest absolute Gasteiger partial charge is 0.433 e. The minimum absolute atomic E-state index is 0.0617. The zero-order valence-corrected chi connectivity index (χ0v) is 13.8. The molecule has 9 heteroatoms. The molecule has 0 fully saturated rings. The van der Waals surface area contributed by atoms with Crippen LogP contribution in [0.25, 0.3) is 10.6 Å². The first kappa shape index (κ1) is 16.7. The van der Waals surface area contributed by atoms with Gasteiger partial charge in [-0.05, 0) is 18.2 Å². The Morgan fingerprint density at radius 1 is 1.36 bits per heavy atom.